The highest BCUT2D eigenvalue weighted by Gasteiger charge is 2.06. The van der Waals surface area contributed by atoms with Gasteiger partial charge in [-0.2, -0.15) is 0 Å². The Morgan fingerprint density at radius 2 is 1.92 bits per heavy atom. The van der Waals surface area contributed by atoms with Gasteiger partial charge in [0.25, 0.3) is 0 Å². The molecule has 0 amide bonds. The first-order chi connectivity index (χ1) is 6.26. The van der Waals surface area contributed by atoms with Gasteiger partial charge in [-0.25, -0.2) is 0 Å². The van der Waals surface area contributed by atoms with Crippen LogP contribution in [0.2, 0.25) is 0 Å². The summed E-state index contributed by atoms with van der Waals surface area (Å²) >= 11 is 0. The number of alkyl halides is 1. The zero-order valence-corrected chi connectivity index (χ0v) is 7.96. The van der Waals surface area contributed by atoms with Gasteiger partial charge < -0.3 is 5.73 Å². The quantitative estimate of drug-likeness (QED) is 0.756. The molecular formula is C11H16FN. The molecule has 1 rings (SSSR count). The normalized spacial score (nSPS) is 12.8. The van der Waals surface area contributed by atoms with E-state index in [-0.39, 0.29) is 12.6 Å². The van der Waals surface area contributed by atoms with Crippen molar-refractivity contribution in [2.45, 2.75) is 13.3 Å². The summed E-state index contributed by atoms with van der Waals surface area (Å²) in [6, 6.07) is 8.16. The van der Waals surface area contributed by atoms with Crippen LogP contribution in [-0.4, -0.2) is 13.2 Å². The van der Waals surface area contributed by atoms with Gasteiger partial charge in [0.1, 0.15) is 0 Å². The zero-order valence-electron chi connectivity index (χ0n) is 7.96. The second-order valence-corrected chi connectivity index (χ2v) is 3.45. The van der Waals surface area contributed by atoms with Crippen molar-refractivity contribution in [1.82, 2.24) is 0 Å². The monoisotopic (exact) mass is 181 g/mol. The molecule has 1 atom stereocenters. The van der Waals surface area contributed by atoms with Crippen molar-refractivity contribution in [2.24, 2.45) is 11.7 Å². The minimum atomic E-state index is -0.329. The molecular weight excluding hydrogens is 165 g/mol. The lowest BCUT2D eigenvalue weighted by Crippen LogP contribution is -2.18. The molecule has 1 unspecified atom stereocenters. The number of nitrogens with two attached hydrogens (primary N) is 1. The molecule has 0 saturated carbocycles. The number of benzene rings is 1. The van der Waals surface area contributed by atoms with Gasteiger partial charge in [0.05, 0.1) is 6.67 Å². The van der Waals surface area contributed by atoms with E-state index in [0.717, 1.165) is 6.42 Å². The molecule has 1 nitrogen and oxygen atoms in total. The molecule has 0 heterocycles. The fraction of sp³-hybridized carbons (Fsp3) is 0.455. The highest BCUT2D eigenvalue weighted by molar-refractivity contribution is 5.21. The van der Waals surface area contributed by atoms with Gasteiger partial charge in [0.15, 0.2) is 0 Å². The smallest absolute Gasteiger partial charge is 0.0937 e. The zero-order chi connectivity index (χ0) is 9.68. The summed E-state index contributed by atoms with van der Waals surface area (Å²) in [5.41, 5.74) is 7.82. The number of hydrogen-bond donors (Lipinski definition) is 1. The van der Waals surface area contributed by atoms with E-state index in [2.05, 4.69) is 0 Å². The fourth-order valence-corrected chi connectivity index (χ4v) is 1.26. The van der Waals surface area contributed by atoms with Crippen molar-refractivity contribution in [3.63, 3.8) is 0 Å². The summed E-state index contributed by atoms with van der Waals surface area (Å²) in [6.45, 7) is 2.13. The Bertz CT molecular complexity index is 239. The molecule has 0 aliphatic heterocycles. The average Bonchev–Trinajstić information content (AvgIpc) is 2.17. The van der Waals surface area contributed by atoms with E-state index in [0.29, 0.717) is 6.54 Å². The molecule has 0 fully saturated rings. The lowest BCUT2D eigenvalue weighted by Gasteiger charge is -2.09. The first-order valence-electron chi connectivity index (χ1n) is 4.58. The summed E-state index contributed by atoms with van der Waals surface area (Å²) in [6.07, 6.45) is 0.743. The van der Waals surface area contributed by atoms with Crippen LogP contribution in [0.15, 0.2) is 24.3 Å². The van der Waals surface area contributed by atoms with Crippen molar-refractivity contribution in [3.8, 4) is 0 Å². The summed E-state index contributed by atoms with van der Waals surface area (Å²) in [5, 5.41) is 0. The molecule has 0 aliphatic carbocycles. The molecule has 1 aromatic rings. The molecule has 0 aromatic heterocycles. The third kappa shape index (κ3) is 3.15. The van der Waals surface area contributed by atoms with Crippen molar-refractivity contribution in [1.29, 1.82) is 0 Å². The maximum atomic E-state index is 12.3. The molecule has 72 valence electrons. The van der Waals surface area contributed by atoms with Crippen LogP contribution in [0, 0.1) is 12.8 Å². The van der Waals surface area contributed by atoms with E-state index < -0.39 is 0 Å². The third-order valence-electron chi connectivity index (χ3n) is 2.20. The first-order valence-corrected chi connectivity index (χ1v) is 4.58. The minimum Gasteiger partial charge on any atom is -0.330 e. The van der Waals surface area contributed by atoms with Crippen LogP contribution < -0.4 is 5.73 Å². The molecule has 2 heteroatoms. The second kappa shape index (κ2) is 4.97. The molecule has 2 N–H and O–H groups in total. The Morgan fingerprint density at radius 1 is 1.31 bits per heavy atom. The van der Waals surface area contributed by atoms with Crippen LogP contribution in [0.3, 0.4) is 0 Å². The largest absolute Gasteiger partial charge is 0.330 e. The minimum absolute atomic E-state index is 0.0253. The second-order valence-electron chi connectivity index (χ2n) is 3.45. The number of hydrogen-bond acceptors (Lipinski definition) is 1. The number of rotatable bonds is 4. The summed E-state index contributed by atoms with van der Waals surface area (Å²) in [4.78, 5) is 0. The average molecular weight is 181 g/mol. The highest BCUT2D eigenvalue weighted by atomic mass is 19.1. The molecule has 13 heavy (non-hydrogen) atoms. The first kappa shape index (κ1) is 10.2. The maximum absolute atomic E-state index is 12.3. The van der Waals surface area contributed by atoms with Crippen molar-refractivity contribution in [3.05, 3.63) is 35.4 Å². The van der Waals surface area contributed by atoms with Crippen LogP contribution in [0.25, 0.3) is 0 Å². The van der Waals surface area contributed by atoms with E-state index in [1.54, 1.807) is 0 Å². The van der Waals surface area contributed by atoms with Gasteiger partial charge in [-0.15, -0.1) is 0 Å². The lowest BCUT2D eigenvalue weighted by atomic mass is 10.00. The molecule has 0 aliphatic rings. The van der Waals surface area contributed by atoms with Crippen molar-refractivity contribution >= 4 is 0 Å². The number of aryl methyl sites for hydroxylation is 1. The van der Waals surface area contributed by atoms with E-state index in [1.807, 2.05) is 31.2 Å². The van der Waals surface area contributed by atoms with Crippen LogP contribution in [0.1, 0.15) is 11.1 Å². The standard InChI is InChI=1S/C11H16FN/c1-9-2-4-10(5-3-9)6-11(7-12)8-13/h2-5,11H,6-8,13H2,1H3. The molecule has 0 bridgehead atoms. The van der Waals surface area contributed by atoms with E-state index in [4.69, 9.17) is 5.73 Å². The van der Waals surface area contributed by atoms with Gasteiger partial charge in [0.2, 0.25) is 0 Å². The Hall–Kier alpha value is -0.890. The van der Waals surface area contributed by atoms with Gasteiger partial charge in [-0.3, -0.25) is 4.39 Å². The summed E-state index contributed by atoms with van der Waals surface area (Å²) in [7, 11) is 0. The van der Waals surface area contributed by atoms with Crippen LogP contribution >= 0.6 is 0 Å². The maximum Gasteiger partial charge on any atom is 0.0937 e. The topological polar surface area (TPSA) is 26.0 Å². The summed E-state index contributed by atoms with van der Waals surface area (Å²) < 4.78 is 12.3. The number of halogens is 1. The Balaban J connectivity index is 2.58. The predicted molar refractivity (Wildman–Crippen MR) is 53.4 cm³/mol. The van der Waals surface area contributed by atoms with Crippen LogP contribution in [-0.2, 0) is 6.42 Å². The Kier molecular flexibility index (Phi) is 3.90. The van der Waals surface area contributed by atoms with E-state index in [9.17, 15) is 4.39 Å². The van der Waals surface area contributed by atoms with Crippen molar-refractivity contribution in [2.75, 3.05) is 13.2 Å². The molecule has 0 saturated heterocycles. The van der Waals surface area contributed by atoms with Gasteiger partial charge >= 0.3 is 0 Å². The summed E-state index contributed by atoms with van der Waals surface area (Å²) in [5.74, 6) is -0.0253. The van der Waals surface area contributed by atoms with Gasteiger partial charge in [-0.1, -0.05) is 29.8 Å². The Morgan fingerprint density at radius 3 is 2.38 bits per heavy atom. The Labute approximate surface area is 78.8 Å². The SMILES string of the molecule is Cc1ccc(CC(CN)CF)cc1. The van der Waals surface area contributed by atoms with Crippen LogP contribution in [0.5, 0.6) is 0 Å². The predicted octanol–water partition coefficient (Wildman–Crippen LogP) is 2.08. The molecule has 1 aromatic carbocycles. The lowest BCUT2D eigenvalue weighted by molar-refractivity contribution is 0.365. The van der Waals surface area contributed by atoms with E-state index >= 15 is 0 Å². The molecule has 0 radical (unpaired) electrons. The fourth-order valence-electron chi connectivity index (χ4n) is 1.26. The van der Waals surface area contributed by atoms with E-state index in [1.165, 1.54) is 11.1 Å². The highest BCUT2D eigenvalue weighted by Crippen LogP contribution is 2.09. The third-order valence-corrected chi connectivity index (χ3v) is 2.20. The van der Waals surface area contributed by atoms with Crippen LogP contribution in [0.4, 0.5) is 4.39 Å². The molecule has 0 spiro atoms. The van der Waals surface area contributed by atoms with Gasteiger partial charge in [0, 0.05) is 5.92 Å². The van der Waals surface area contributed by atoms with Crippen molar-refractivity contribution < 1.29 is 4.39 Å². The van der Waals surface area contributed by atoms with Gasteiger partial charge in [-0.05, 0) is 25.5 Å².